The standard InChI is InChI=1S/C18H27NO/c1-4-19-17(16-11-15-7-8-18(16)20-15)10-14-9-12(2)5-6-13(14)3/h5-6,9,15-19H,4,7-8,10-11H2,1-3H3. The van der Waals surface area contributed by atoms with Crippen molar-refractivity contribution in [1.82, 2.24) is 5.32 Å². The van der Waals surface area contributed by atoms with Crippen LogP contribution in [0.4, 0.5) is 0 Å². The topological polar surface area (TPSA) is 21.3 Å². The van der Waals surface area contributed by atoms with Crippen LogP contribution in [0.15, 0.2) is 18.2 Å². The molecule has 2 heteroatoms. The van der Waals surface area contributed by atoms with Crippen molar-refractivity contribution in [3.63, 3.8) is 0 Å². The number of hydrogen-bond acceptors (Lipinski definition) is 2. The molecule has 3 rings (SSSR count). The molecule has 2 aliphatic heterocycles. The fourth-order valence-corrected chi connectivity index (χ4v) is 3.99. The van der Waals surface area contributed by atoms with Gasteiger partial charge in [-0.3, -0.25) is 0 Å². The van der Waals surface area contributed by atoms with Crippen LogP contribution in [0, 0.1) is 19.8 Å². The highest BCUT2D eigenvalue weighted by atomic mass is 16.5. The van der Waals surface area contributed by atoms with Crippen LogP contribution in [0.2, 0.25) is 0 Å². The van der Waals surface area contributed by atoms with Gasteiger partial charge in [0.15, 0.2) is 0 Å². The molecular formula is C18H27NO. The smallest absolute Gasteiger partial charge is 0.0623 e. The molecule has 4 atom stereocenters. The molecule has 2 fully saturated rings. The summed E-state index contributed by atoms with van der Waals surface area (Å²) in [5.41, 5.74) is 4.28. The second kappa shape index (κ2) is 5.87. The van der Waals surface area contributed by atoms with Gasteiger partial charge >= 0.3 is 0 Å². The molecule has 0 saturated carbocycles. The summed E-state index contributed by atoms with van der Waals surface area (Å²) in [6.07, 6.45) is 6.00. The molecule has 1 aromatic rings. The zero-order valence-electron chi connectivity index (χ0n) is 13.0. The van der Waals surface area contributed by atoms with Gasteiger partial charge < -0.3 is 10.1 Å². The summed E-state index contributed by atoms with van der Waals surface area (Å²) in [6, 6.07) is 7.39. The van der Waals surface area contributed by atoms with Gasteiger partial charge in [0.2, 0.25) is 0 Å². The van der Waals surface area contributed by atoms with Crippen LogP contribution in [0.3, 0.4) is 0 Å². The molecule has 0 spiro atoms. The second-order valence-electron chi connectivity index (χ2n) is 6.57. The minimum atomic E-state index is 0.508. The predicted molar refractivity (Wildman–Crippen MR) is 83.1 cm³/mol. The normalized spacial score (nSPS) is 29.9. The van der Waals surface area contributed by atoms with E-state index in [2.05, 4.69) is 44.3 Å². The molecule has 2 aliphatic rings. The summed E-state index contributed by atoms with van der Waals surface area (Å²) in [4.78, 5) is 0. The van der Waals surface area contributed by atoms with Crippen molar-refractivity contribution < 1.29 is 4.74 Å². The third-order valence-electron chi connectivity index (χ3n) is 5.08. The molecule has 0 amide bonds. The van der Waals surface area contributed by atoms with Crippen molar-refractivity contribution >= 4 is 0 Å². The van der Waals surface area contributed by atoms with E-state index in [9.17, 15) is 0 Å². The average Bonchev–Trinajstić information content (AvgIpc) is 3.05. The number of hydrogen-bond donors (Lipinski definition) is 1. The van der Waals surface area contributed by atoms with Gasteiger partial charge in [-0.1, -0.05) is 30.7 Å². The predicted octanol–water partition coefficient (Wildman–Crippen LogP) is 3.39. The van der Waals surface area contributed by atoms with E-state index in [1.54, 1.807) is 0 Å². The molecule has 0 aliphatic carbocycles. The quantitative estimate of drug-likeness (QED) is 0.888. The summed E-state index contributed by atoms with van der Waals surface area (Å²) < 4.78 is 6.06. The Morgan fingerprint density at radius 3 is 2.80 bits per heavy atom. The van der Waals surface area contributed by atoms with E-state index in [1.165, 1.54) is 36.0 Å². The largest absolute Gasteiger partial charge is 0.375 e. The van der Waals surface area contributed by atoms with Gasteiger partial charge in [0.05, 0.1) is 12.2 Å². The maximum absolute atomic E-state index is 6.06. The summed E-state index contributed by atoms with van der Waals surface area (Å²) in [5.74, 6) is 0.702. The van der Waals surface area contributed by atoms with Gasteiger partial charge in [-0.25, -0.2) is 0 Å². The number of likely N-dealkylation sites (N-methyl/N-ethyl adjacent to an activating group) is 1. The second-order valence-corrected chi connectivity index (χ2v) is 6.57. The molecule has 2 saturated heterocycles. The minimum absolute atomic E-state index is 0.508. The fraction of sp³-hybridized carbons (Fsp3) is 0.667. The van der Waals surface area contributed by atoms with Crippen LogP contribution in [-0.4, -0.2) is 24.8 Å². The van der Waals surface area contributed by atoms with Crippen LogP contribution in [0.1, 0.15) is 42.9 Å². The monoisotopic (exact) mass is 273 g/mol. The van der Waals surface area contributed by atoms with E-state index >= 15 is 0 Å². The molecular weight excluding hydrogens is 246 g/mol. The molecule has 2 bridgehead atoms. The van der Waals surface area contributed by atoms with Gasteiger partial charge in [0.25, 0.3) is 0 Å². The molecule has 4 unspecified atom stereocenters. The highest BCUT2D eigenvalue weighted by Crippen LogP contribution is 2.41. The third kappa shape index (κ3) is 2.77. The SMILES string of the molecule is CCNC(Cc1cc(C)ccc1C)C1CC2CCC1O2. The van der Waals surface area contributed by atoms with Crippen LogP contribution < -0.4 is 5.32 Å². The Kier molecular flexibility index (Phi) is 4.13. The molecule has 2 heterocycles. The summed E-state index contributed by atoms with van der Waals surface area (Å²) in [7, 11) is 0. The fourth-order valence-electron chi connectivity index (χ4n) is 3.99. The zero-order valence-corrected chi connectivity index (χ0v) is 13.0. The van der Waals surface area contributed by atoms with Crippen LogP contribution >= 0.6 is 0 Å². The van der Waals surface area contributed by atoms with E-state index in [4.69, 9.17) is 4.74 Å². The lowest BCUT2D eigenvalue weighted by atomic mass is 9.81. The summed E-state index contributed by atoms with van der Waals surface area (Å²) >= 11 is 0. The summed E-state index contributed by atoms with van der Waals surface area (Å²) in [6.45, 7) is 7.68. The van der Waals surface area contributed by atoms with E-state index in [0.717, 1.165) is 13.0 Å². The first kappa shape index (κ1) is 14.1. The van der Waals surface area contributed by atoms with Crippen molar-refractivity contribution in [2.24, 2.45) is 5.92 Å². The number of nitrogens with one attached hydrogen (secondary N) is 1. The first-order valence-electron chi connectivity index (χ1n) is 8.12. The molecule has 1 aromatic carbocycles. The first-order valence-corrected chi connectivity index (χ1v) is 8.12. The number of benzene rings is 1. The van der Waals surface area contributed by atoms with Crippen molar-refractivity contribution in [3.8, 4) is 0 Å². The Labute approximate surface area is 122 Å². The van der Waals surface area contributed by atoms with Crippen molar-refractivity contribution in [2.45, 2.75) is 64.7 Å². The number of aryl methyl sites for hydroxylation is 2. The average molecular weight is 273 g/mol. The number of fused-ring (bicyclic) bond motifs is 2. The zero-order chi connectivity index (χ0) is 14.1. The van der Waals surface area contributed by atoms with Gasteiger partial charge in [-0.15, -0.1) is 0 Å². The Morgan fingerprint density at radius 1 is 1.30 bits per heavy atom. The van der Waals surface area contributed by atoms with Crippen LogP contribution in [0.5, 0.6) is 0 Å². The van der Waals surface area contributed by atoms with Crippen LogP contribution in [0.25, 0.3) is 0 Å². The van der Waals surface area contributed by atoms with E-state index < -0.39 is 0 Å². The van der Waals surface area contributed by atoms with Crippen molar-refractivity contribution in [2.75, 3.05) is 6.54 Å². The van der Waals surface area contributed by atoms with Crippen LogP contribution in [-0.2, 0) is 11.2 Å². The van der Waals surface area contributed by atoms with Crippen molar-refractivity contribution in [1.29, 1.82) is 0 Å². The van der Waals surface area contributed by atoms with Gasteiger partial charge in [-0.05, 0) is 57.2 Å². The highest BCUT2D eigenvalue weighted by molar-refractivity contribution is 5.31. The number of ether oxygens (including phenoxy) is 1. The van der Waals surface area contributed by atoms with E-state index in [-0.39, 0.29) is 0 Å². The Hall–Kier alpha value is -0.860. The molecule has 0 aromatic heterocycles. The third-order valence-corrected chi connectivity index (χ3v) is 5.08. The first-order chi connectivity index (χ1) is 9.67. The minimum Gasteiger partial charge on any atom is -0.375 e. The van der Waals surface area contributed by atoms with E-state index in [0.29, 0.717) is 24.2 Å². The van der Waals surface area contributed by atoms with E-state index in [1.807, 2.05) is 0 Å². The molecule has 110 valence electrons. The maximum atomic E-state index is 6.06. The molecule has 1 N–H and O–H groups in total. The van der Waals surface area contributed by atoms with Crippen molar-refractivity contribution in [3.05, 3.63) is 34.9 Å². The maximum Gasteiger partial charge on any atom is 0.0623 e. The van der Waals surface area contributed by atoms with Gasteiger partial charge in [0, 0.05) is 12.0 Å². The molecule has 0 radical (unpaired) electrons. The summed E-state index contributed by atoms with van der Waals surface area (Å²) in [5, 5.41) is 3.72. The lowest BCUT2D eigenvalue weighted by Crippen LogP contribution is -2.42. The Morgan fingerprint density at radius 2 is 2.15 bits per heavy atom. The Bertz CT molecular complexity index is 470. The molecule has 2 nitrogen and oxygen atoms in total. The lowest BCUT2D eigenvalue weighted by Gasteiger charge is -2.29. The highest BCUT2D eigenvalue weighted by Gasteiger charge is 2.44. The van der Waals surface area contributed by atoms with Gasteiger partial charge in [0.1, 0.15) is 0 Å². The van der Waals surface area contributed by atoms with Gasteiger partial charge in [-0.2, -0.15) is 0 Å². The molecule has 20 heavy (non-hydrogen) atoms. The number of rotatable bonds is 5. The lowest BCUT2D eigenvalue weighted by molar-refractivity contribution is 0.0858. The Balaban J connectivity index is 1.75.